The van der Waals surface area contributed by atoms with Gasteiger partial charge in [0, 0.05) is 37.5 Å². The maximum atomic E-state index is 13.6. The van der Waals surface area contributed by atoms with Crippen molar-refractivity contribution in [3.63, 3.8) is 0 Å². The van der Waals surface area contributed by atoms with Gasteiger partial charge in [-0.15, -0.1) is 0 Å². The minimum atomic E-state index is -0.509. The lowest BCUT2D eigenvalue weighted by molar-refractivity contribution is -0.0146. The number of nitrogens with one attached hydrogen (secondary N) is 3. The summed E-state index contributed by atoms with van der Waals surface area (Å²) in [5, 5.41) is 6.09. The number of pyridine rings is 1. The highest BCUT2D eigenvalue weighted by Gasteiger charge is 2.29. The van der Waals surface area contributed by atoms with Crippen molar-refractivity contribution in [1.29, 1.82) is 0 Å². The predicted octanol–water partition coefficient (Wildman–Crippen LogP) is 4.50. The third kappa shape index (κ3) is 5.48. The van der Waals surface area contributed by atoms with E-state index in [9.17, 15) is 9.18 Å². The zero-order valence-corrected chi connectivity index (χ0v) is 20.1. The molecule has 3 N–H and O–H groups in total. The van der Waals surface area contributed by atoms with E-state index < -0.39 is 5.60 Å². The van der Waals surface area contributed by atoms with Crippen LogP contribution in [0.5, 0.6) is 5.75 Å². The van der Waals surface area contributed by atoms with Gasteiger partial charge in [0.2, 0.25) is 0 Å². The first-order valence-corrected chi connectivity index (χ1v) is 10.9. The monoisotopic (exact) mass is 470 g/mol. The second-order valence-electron chi connectivity index (χ2n) is 8.27. The minimum absolute atomic E-state index is 0.0109. The Morgan fingerprint density at radius 1 is 1.35 bits per heavy atom. The molecule has 182 valence electrons. The number of allylic oxidation sites excluding steroid dienone is 3. The van der Waals surface area contributed by atoms with Gasteiger partial charge in [0.1, 0.15) is 18.7 Å². The molecule has 0 atom stereocenters. The molecule has 34 heavy (non-hydrogen) atoms. The van der Waals surface area contributed by atoms with Crippen LogP contribution in [0.1, 0.15) is 36.8 Å². The smallest absolute Gasteiger partial charge is 0.255 e. The van der Waals surface area contributed by atoms with E-state index in [-0.39, 0.29) is 18.3 Å². The number of ether oxygens (including phenoxy) is 3. The van der Waals surface area contributed by atoms with Crippen molar-refractivity contribution < 1.29 is 23.4 Å². The van der Waals surface area contributed by atoms with Crippen LogP contribution in [0.4, 0.5) is 10.1 Å². The largest absolute Gasteiger partial charge is 0.492 e. The van der Waals surface area contributed by atoms with Crippen LogP contribution in [0.3, 0.4) is 0 Å². The number of anilines is 1. The Morgan fingerprint density at radius 3 is 2.82 bits per heavy atom. The van der Waals surface area contributed by atoms with E-state index in [0.717, 1.165) is 5.69 Å². The predicted molar refractivity (Wildman–Crippen MR) is 129 cm³/mol. The number of carbonyl (C=O) groups excluding carboxylic acids is 1. The molecule has 9 heteroatoms. The Hall–Kier alpha value is -3.59. The summed E-state index contributed by atoms with van der Waals surface area (Å²) in [6.45, 7) is 6.49. The zero-order valence-electron chi connectivity index (χ0n) is 20.1. The fourth-order valence-electron chi connectivity index (χ4n) is 3.44. The highest BCUT2D eigenvalue weighted by molar-refractivity contribution is 6.06. The number of aromatic amines is 1. The molecule has 0 fully saturated rings. The molecule has 0 bridgehead atoms. The molecule has 0 radical (unpaired) electrons. The quantitative estimate of drug-likeness (QED) is 0.350. The Kier molecular flexibility index (Phi) is 8.12. The number of aromatic nitrogens is 2. The number of halogens is 1. The van der Waals surface area contributed by atoms with Crippen LogP contribution < -0.4 is 15.4 Å². The molecule has 3 rings (SSSR count). The van der Waals surface area contributed by atoms with Crippen molar-refractivity contribution in [2.45, 2.75) is 32.8 Å². The Bertz CT molecular complexity index is 1120. The van der Waals surface area contributed by atoms with Crippen LogP contribution in [0.15, 0.2) is 54.5 Å². The van der Waals surface area contributed by atoms with E-state index >= 15 is 0 Å². The van der Waals surface area contributed by atoms with E-state index in [0.29, 0.717) is 53.3 Å². The first kappa shape index (κ1) is 25.0. The molecule has 2 aromatic heterocycles. The first-order chi connectivity index (χ1) is 16.3. The third-order valence-corrected chi connectivity index (χ3v) is 5.45. The van der Waals surface area contributed by atoms with Crippen LogP contribution in [-0.4, -0.2) is 48.8 Å². The van der Waals surface area contributed by atoms with Crippen molar-refractivity contribution in [3.8, 4) is 17.0 Å². The topological polar surface area (TPSA) is 97.5 Å². The lowest BCUT2D eigenvalue weighted by atomic mass is 10.0. The zero-order chi connectivity index (χ0) is 24.7. The number of hydrogen-bond acceptors (Lipinski definition) is 6. The highest BCUT2D eigenvalue weighted by Crippen LogP contribution is 2.40. The molecule has 3 heterocycles. The van der Waals surface area contributed by atoms with Gasteiger partial charge in [0.15, 0.2) is 5.76 Å². The van der Waals surface area contributed by atoms with E-state index in [1.807, 2.05) is 20.8 Å². The van der Waals surface area contributed by atoms with Crippen LogP contribution in [-0.2, 0) is 15.9 Å². The van der Waals surface area contributed by atoms with Gasteiger partial charge in [-0.05, 0) is 32.9 Å². The van der Waals surface area contributed by atoms with Gasteiger partial charge in [-0.2, -0.15) is 0 Å². The van der Waals surface area contributed by atoms with E-state index in [2.05, 4.69) is 20.6 Å². The number of methoxy groups -OCH3 is 2. The highest BCUT2D eigenvalue weighted by atomic mass is 19.1. The van der Waals surface area contributed by atoms with Crippen molar-refractivity contribution in [2.24, 2.45) is 0 Å². The molecule has 0 aromatic carbocycles. The number of hydrogen-bond donors (Lipinski definition) is 3. The Morgan fingerprint density at radius 2 is 2.15 bits per heavy atom. The molecular formula is C25H31FN4O4. The normalized spacial score (nSPS) is 14.7. The fourth-order valence-corrected chi connectivity index (χ4v) is 3.44. The van der Waals surface area contributed by atoms with Crippen molar-refractivity contribution in [2.75, 3.05) is 32.7 Å². The summed E-state index contributed by atoms with van der Waals surface area (Å²) in [4.78, 5) is 20.4. The average Bonchev–Trinajstić information content (AvgIpc) is 3.21. The third-order valence-electron chi connectivity index (χ3n) is 5.45. The summed E-state index contributed by atoms with van der Waals surface area (Å²) >= 11 is 0. The van der Waals surface area contributed by atoms with E-state index in [4.69, 9.17) is 14.2 Å². The molecule has 1 aliphatic heterocycles. The van der Waals surface area contributed by atoms with E-state index in [1.165, 1.54) is 7.11 Å². The maximum Gasteiger partial charge on any atom is 0.255 e. The molecule has 8 nitrogen and oxygen atoms in total. The molecule has 0 unspecified atom stereocenters. The number of nitrogens with zero attached hydrogens (tertiary/aromatic N) is 1. The summed E-state index contributed by atoms with van der Waals surface area (Å²) in [5.41, 5.74) is 2.88. The molecule has 2 aromatic rings. The van der Waals surface area contributed by atoms with Gasteiger partial charge in [-0.3, -0.25) is 9.78 Å². The molecule has 0 aliphatic carbocycles. The lowest BCUT2D eigenvalue weighted by Crippen LogP contribution is -2.31. The maximum absolute atomic E-state index is 13.6. The Balaban J connectivity index is 2.15. The summed E-state index contributed by atoms with van der Waals surface area (Å²) in [6, 6.07) is 1.80. The summed E-state index contributed by atoms with van der Waals surface area (Å²) in [5.74, 6) is 0.279. The lowest BCUT2D eigenvalue weighted by Gasteiger charge is -2.23. The summed E-state index contributed by atoms with van der Waals surface area (Å²) in [6.07, 6.45) is 9.48. The molecule has 0 saturated carbocycles. The second-order valence-corrected chi connectivity index (χ2v) is 8.27. The van der Waals surface area contributed by atoms with Crippen LogP contribution in [0.25, 0.3) is 11.3 Å². The number of amides is 1. The van der Waals surface area contributed by atoms with E-state index in [1.54, 1.807) is 43.8 Å². The van der Waals surface area contributed by atoms with Crippen molar-refractivity contribution in [3.05, 3.63) is 65.7 Å². The molecule has 0 saturated heterocycles. The molecule has 1 aliphatic rings. The standard InChI is InChI=1S/C25H31FN4O4/c1-6-7-8-17(19(13-26)32-4)29-23-21-18(10-12-28-24(21)31)30-22(23)16-9-11-27-14-20(16)34-15-25(2,3)33-5/h6-9,11,13-14,29-30H,10,12,15H2,1-5H3,(H,28,31)/b7-6-,17-8+,19-13-. The van der Waals surface area contributed by atoms with Gasteiger partial charge >= 0.3 is 0 Å². The van der Waals surface area contributed by atoms with Crippen LogP contribution in [0, 0.1) is 0 Å². The molecular weight excluding hydrogens is 439 g/mol. The Labute approximate surface area is 198 Å². The van der Waals surface area contributed by atoms with Gasteiger partial charge in [-0.25, -0.2) is 4.39 Å². The fraction of sp³-hybridized carbons (Fsp3) is 0.360. The van der Waals surface area contributed by atoms with Gasteiger partial charge in [-0.1, -0.05) is 12.2 Å². The van der Waals surface area contributed by atoms with Crippen LogP contribution in [0.2, 0.25) is 0 Å². The summed E-state index contributed by atoms with van der Waals surface area (Å²) < 4.78 is 30.3. The number of carbonyl (C=O) groups is 1. The SMILES string of the molecule is C\C=C/C=C(Nc1c(-c2ccncc2OCC(C)(C)OC)[nH]c2c1C(=O)NCC2)\C(=C\F)OC. The van der Waals surface area contributed by atoms with Gasteiger partial charge in [0.25, 0.3) is 5.91 Å². The van der Waals surface area contributed by atoms with Crippen molar-refractivity contribution >= 4 is 11.6 Å². The second kappa shape index (κ2) is 11.0. The van der Waals surface area contributed by atoms with Gasteiger partial charge in [0.05, 0.1) is 41.5 Å². The molecule has 1 amide bonds. The number of H-pyrrole nitrogens is 1. The van der Waals surface area contributed by atoms with Gasteiger partial charge < -0.3 is 29.8 Å². The minimum Gasteiger partial charge on any atom is -0.492 e. The van der Waals surface area contributed by atoms with Crippen LogP contribution >= 0.6 is 0 Å². The first-order valence-electron chi connectivity index (χ1n) is 10.9. The van der Waals surface area contributed by atoms with Crippen molar-refractivity contribution in [1.82, 2.24) is 15.3 Å². The number of rotatable bonds is 10. The average molecular weight is 471 g/mol. The summed E-state index contributed by atoms with van der Waals surface area (Å²) in [7, 11) is 3.00. The number of fused-ring (bicyclic) bond motifs is 1. The molecule has 0 spiro atoms.